The summed E-state index contributed by atoms with van der Waals surface area (Å²) in [4.78, 5) is 0. The van der Waals surface area contributed by atoms with Gasteiger partial charge in [0, 0.05) is 26.2 Å². The van der Waals surface area contributed by atoms with Gasteiger partial charge in [-0.15, -0.1) is 0 Å². The van der Waals surface area contributed by atoms with Gasteiger partial charge in [-0.3, -0.25) is 0 Å². The van der Waals surface area contributed by atoms with Crippen LogP contribution in [0.3, 0.4) is 0 Å². The monoisotopic (exact) mass is 156 g/mol. The molecule has 0 spiro atoms. The van der Waals surface area contributed by atoms with Gasteiger partial charge in [0.05, 0.1) is 0 Å². The van der Waals surface area contributed by atoms with Gasteiger partial charge in [-0.25, -0.2) is 10.0 Å². The van der Waals surface area contributed by atoms with Crippen molar-refractivity contribution in [3.05, 3.63) is 0 Å². The molecule has 11 heavy (non-hydrogen) atoms. The van der Waals surface area contributed by atoms with Gasteiger partial charge < -0.3 is 0 Å². The van der Waals surface area contributed by atoms with Crippen molar-refractivity contribution in [2.75, 3.05) is 20.6 Å². The van der Waals surface area contributed by atoms with E-state index in [1.54, 1.807) is 0 Å². The van der Waals surface area contributed by atoms with Crippen molar-refractivity contribution in [3.63, 3.8) is 0 Å². The average Bonchev–Trinajstić information content (AvgIpc) is 2.00. The summed E-state index contributed by atoms with van der Waals surface area (Å²) >= 11 is 0. The lowest BCUT2D eigenvalue weighted by atomic mass is 9.90. The molecule has 0 aromatic heterocycles. The van der Waals surface area contributed by atoms with Crippen LogP contribution in [0.25, 0.3) is 0 Å². The van der Waals surface area contributed by atoms with Crippen molar-refractivity contribution in [1.29, 1.82) is 0 Å². The van der Waals surface area contributed by atoms with Gasteiger partial charge in [-0.05, 0) is 26.2 Å². The van der Waals surface area contributed by atoms with Crippen LogP contribution in [-0.2, 0) is 0 Å². The van der Waals surface area contributed by atoms with Crippen LogP contribution in [0.5, 0.6) is 0 Å². The maximum atomic E-state index is 2.39. The Morgan fingerprint density at radius 2 is 2.00 bits per heavy atom. The maximum absolute atomic E-state index is 2.39. The zero-order chi connectivity index (χ0) is 8.48. The summed E-state index contributed by atoms with van der Waals surface area (Å²) in [6.45, 7) is 5.84. The quantitative estimate of drug-likeness (QED) is 0.570. The second-order valence-electron chi connectivity index (χ2n) is 3.86. The van der Waals surface area contributed by atoms with Crippen LogP contribution in [-0.4, -0.2) is 36.2 Å². The van der Waals surface area contributed by atoms with Crippen LogP contribution < -0.4 is 0 Å². The summed E-state index contributed by atoms with van der Waals surface area (Å²) in [5.74, 6) is 0. The molecule has 0 amide bonds. The van der Waals surface area contributed by atoms with E-state index in [4.69, 9.17) is 0 Å². The first kappa shape index (κ1) is 9.01. The molecule has 0 aliphatic carbocycles. The van der Waals surface area contributed by atoms with Gasteiger partial charge in [-0.2, -0.15) is 0 Å². The fourth-order valence-electron chi connectivity index (χ4n) is 1.82. The highest BCUT2D eigenvalue weighted by Gasteiger charge is 2.32. The molecular weight excluding hydrogens is 136 g/mol. The number of hydrogen-bond donors (Lipinski definition) is 0. The minimum atomic E-state index is 0.410. The van der Waals surface area contributed by atoms with E-state index in [9.17, 15) is 0 Å². The van der Waals surface area contributed by atoms with Crippen LogP contribution in [0.4, 0.5) is 0 Å². The van der Waals surface area contributed by atoms with Crippen LogP contribution in [0.2, 0.25) is 0 Å². The largest absolute Gasteiger partial charge is 0.245 e. The van der Waals surface area contributed by atoms with Crippen LogP contribution in [0.15, 0.2) is 0 Å². The molecular formula is C9H20N2. The summed E-state index contributed by atoms with van der Waals surface area (Å²) in [6.07, 6.45) is 3.92. The van der Waals surface area contributed by atoms with Crippen LogP contribution >= 0.6 is 0 Å². The highest BCUT2D eigenvalue weighted by atomic mass is 15.6. The Hall–Kier alpha value is -0.0800. The maximum Gasteiger partial charge on any atom is 0.0323 e. The number of rotatable bonds is 1. The summed E-state index contributed by atoms with van der Waals surface area (Å²) in [5, 5.41) is 4.71. The zero-order valence-corrected chi connectivity index (χ0v) is 8.22. The lowest BCUT2D eigenvalue weighted by Gasteiger charge is -2.47. The molecule has 2 heteroatoms. The predicted octanol–water partition coefficient (Wildman–Crippen LogP) is 1.73. The first-order valence-electron chi connectivity index (χ1n) is 4.55. The first-order valence-corrected chi connectivity index (χ1v) is 4.55. The molecule has 0 aromatic rings. The fraction of sp³-hybridized carbons (Fsp3) is 1.00. The standard InChI is InChI=1S/C9H20N2/c1-5-9(2)7-6-8-10(3)11(9)4/h5-8H2,1-4H3. The van der Waals surface area contributed by atoms with E-state index in [0.717, 1.165) is 0 Å². The Bertz CT molecular complexity index is 136. The predicted molar refractivity (Wildman–Crippen MR) is 48.3 cm³/mol. The van der Waals surface area contributed by atoms with Gasteiger partial charge >= 0.3 is 0 Å². The molecule has 0 N–H and O–H groups in total. The van der Waals surface area contributed by atoms with E-state index in [2.05, 4.69) is 38.0 Å². The van der Waals surface area contributed by atoms with Gasteiger partial charge in [0.25, 0.3) is 0 Å². The molecule has 1 saturated heterocycles. The van der Waals surface area contributed by atoms with Crippen molar-refractivity contribution in [2.45, 2.75) is 38.6 Å². The first-order chi connectivity index (χ1) is 5.10. The molecule has 1 rings (SSSR count). The van der Waals surface area contributed by atoms with Crippen molar-refractivity contribution in [2.24, 2.45) is 0 Å². The normalized spacial score (nSPS) is 36.0. The van der Waals surface area contributed by atoms with Gasteiger partial charge in [-0.1, -0.05) is 6.92 Å². The van der Waals surface area contributed by atoms with Gasteiger partial charge in [0.1, 0.15) is 0 Å². The van der Waals surface area contributed by atoms with E-state index < -0.39 is 0 Å². The van der Waals surface area contributed by atoms with Crippen molar-refractivity contribution in [1.82, 2.24) is 10.0 Å². The Kier molecular flexibility index (Phi) is 2.55. The average molecular weight is 156 g/mol. The van der Waals surface area contributed by atoms with E-state index in [1.165, 1.54) is 25.8 Å². The third kappa shape index (κ3) is 1.57. The van der Waals surface area contributed by atoms with Gasteiger partial charge in [0.15, 0.2) is 0 Å². The van der Waals surface area contributed by atoms with Crippen molar-refractivity contribution < 1.29 is 0 Å². The minimum Gasteiger partial charge on any atom is -0.245 e. The molecule has 0 radical (unpaired) electrons. The van der Waals surface area contributed by atoms with Crippen molar-refractivity contribution in [3.8, 4) is 0 Å². The highest BCUT2D eigenvalue weighted by molar-refractivity contribution is 4.84. The molecule has 1 atom stereocenters. The summed E-state index contributed by atoms with van der Waals surface area (Å²) in [6, 6.07) is 0. The zero-order valence-electron chi connectivity index (χ0n) is 8.22. The Labute approximate surface area is 70.1 Å². The molecule has 2 nitrogen and oxygen atoms in total. The fourth-order valence-corrected chi connectivity index (χ4v) is 1.82. The molecule has 0 aromatic carbocycles. The Balaban J connectivity index is 2.64. The topological polar surface area (TPSA) is 6.48 Å². The Morgan fingerprint density at radius 3 is 2.45 bits per heavy atom. The van der Waals surface area contributed by atoms with Crippen LogP contribution in [0.1, 0.15) is 33.1 Å². The second-order valence-corrected chi connectivity index (χ2v) is 3.86. The molecule has 66 valence electrons. The molecule has 1 unspecified atom stereocenters. The molecule has 1 aliphatic heterocycles. The lowest BCUT2D eigenvalue weighted by Crippen LogP contribution is -2.55. The molecule has 1 aliphatic rings. The van der Waals surface area contributed by atoms with E-state index in [0.29, 0.717) is 5.54 Å². The SMILES string of the molecule is CCC1(C)CCCN(C)N1C. The van der Waals surface area contributed by atoms with Gasteiger partial charge in [0.2, 0.25) is 0 Å². The van der Waals surface area contributed by atoms with Crippen molar-refractivity contribution >= 4 is 0 Å². The van der Waals surface area contributed by atoms with E-state index in [1.807, 2.05) is 0 Å². The molecule has 0 saturated carbocycles. The second kappa shape index (κ2) is 3.11. The number of hydrazine groups is 1. The third-order valence-electron chi connectivity index (χ3n) is 3.25. The minimum absolute atomic E-state index is 0.410. The highest BCUT2D eigenvalue weighted by Crippen LogP contribution is 2.28. The van der Waals surface area contributed by atoms with E-state index >= 15 is 0 Å². The molecule has 1 heterocycles. The number of nitrogens with zero attached hydrogens (tertiary/aromatic N) is 2. The Morgan fingerprint density at radius 1 is 1.36 bits per heavy atom. The summed E-state index contributed by atoms with van der Waals surface area (Å²) < 4.78 is 0. The third-order valence-corrected chi connectivity index (χ3v) is 3.25. The summed E-state index contributed by atoms with van der Waals surface area (Å²) in [7, 11) is 4.37. The smallest absolute Gasteiger partial charge is 0.0323 e. The molecule has 1 fully saturated rings. The van der Waals surface area contributed by atoms with Crippen LogP contribution in [0, 0.1) is 0 Å². The molecule has 0 bridgehead atoms. The van der Waals surface area contributed by atoms with E-state index in [-0.39, 0.29) is 0 Å². The lowest BCUT2D eigenvalue weighted by molar-refractivity contribution is -0.0992. The summed E-state index contributed by atoms with van der Waals surface area (Å²) in [5.41, 5.74) is 0.410. The number of hydrogen-bond acceptors (Lipinski definition) is 2.